The summed E-state index contributed by atoms with van der Waals surface area (Å²) in [5, 5.41) is 0. The van der Waals surface area contributed by atoms with Gasteiger partial charge in [-0.25, -0.2) is 0 Å². The lowest BCUT2D eigenvalue weighted by Crippen LogP contribution is -2.43. The molecule has 7 heteroatoms. The molecule has 1 aliphatic rings. The molecule has 1 saturated carbocycles. The number of alkyl halides is 3. The molecule has 0 saturated heterocycles. The predicted molar refractivity (Wildman–Crippen MR) is 42.8 cm³/mol. The molecule has 0 bridgehead atoms. The molecule has 0 aliphatic heterocycles. The van der Waals surface area contributed by atoms with Gasteiger partial charge in [-0.2, -0.15) is 21.6 Å². The summed E-state index contributed by atoms with van der Waals surface area (Å²) in [7, 11) is -5.41. The van der Waals surface area contributed by atoms with Gasteiger partial charge in [-0.05, 0) is 18.3 Å². The average Bonchev–Trinajstić information content (AvgIpc) is 2.01. The molecular formula is C7H11F3O3S. The zero-order valence-corrected chi connectivity index (χ0v) is 8.52. The summed E-state index contributed by atoms with van der Waals surface area (Å²) in [5.41, 5.74) is -5.31. The first-order valence-electron chi connectivity index (χ1n) is 4.14. The van der Waals surface area contributed by atoms with E-state index >= 15 is 0 Å². The molecule has 0 aromatic heterocycles. The van der Waals surface area contributed by atoms with Crippen molar-refractivity contribution in [2.24, 2.45) is 11.8 Å². The summed E-state index contributed by atoms with van der Waals surface area (Å²) in [6.45, 7) is 3.51. The van der Waals surface area contributed by atoms with Crippen molar-refractivity contribution in [1.29, 1.82) is 0 Å². The molecule has 0 aromatic carbocycles. The van der Waals surface area contributed by atoms with E-state index in [0.717, 1.165) is 0 Å². The van der Waals surface area contributed by atoms with E-state index in [0.29, 0.717) is 6.42 Å². The molecule has 3 nitrogen and oxygen atoms in total. The zero-order chi connectivity index (χ0) is 11.1. The summed E-state index contributed by atoms with van der Waals surface area (Å²) >= 11 is 0. The van der Waals surface area contributed by atoms with Crippen LogP contribution in [0.5, 0.6) is 0 Å². The summed E-state index contributed by atoms with van der Waals surface area (Å²) in [5.74, 6) is 0.0653. The summed E-state index contributed by atoms with van der Waals surface area (Å²) in [6.07, 6.45) is -0.465. The Morgan fingerprint density at radius 3 is 2.07 bits per heavy atom. The van der Waals surface area contributed by atoms with Crippen molar-refractivity contribution in [3.05, 3.63) is 0 Å². The van der Waals surface area contributed by atoms with Crippen molar-refractivity contribution in [2.45, 2.75) is 31.9 Å². The second-order valence-electron chi connectivity index (χ2n) is 3.61. The van der Waals surface area contributed by atoms with Gasteiger partial charge in [0, 0.05) is 0 Å². The first-order chi connectivity index (χ1) is 6.15. The molecule has 0 radical (unpaired) electrons. The lowest BCUT2D eigenvalue weighted by Gasteiger charge is -2.39. The molecule has 1 rings (SSSR count). The van der Waals surface area contributed by atoms with Gasteiger partial charge in [0.25, 0.3) is 0 Å². The van der Waals surface area contributed by atoms with Gasteiger partial charge < -0.3 is 0 Å². The van der Waals surface area contributed by atoms with Gasteiger partial charge >= 0.3 is 15.6 Å². The fourth-order valence-electron chi connectivity index (χ4n) is 1.31. The van der Waals surface area contributed by atoms with E-state index in [1.165, 1.54) is 0 Å². The van der Waals surface area contributed by atoms with Gasteiger partial charge in [-0.1, -0.05) is 13.8 Å². The van der Waals surface area contributed by atoms with Crippen molar-refractivity contribution in [3.63, 3.8) is 0 Å². The Morgan fingerprint density at radius 1 is 1.29 bits per heavy atom. The van der Waals surface area contributed by atoms with Crippen LogP contribution in [-0.4, -0.2) is 20.0 Å². The Morgan fingerprint density at radius 2 is 1.79 bits per heavy atom. The molecule has 3 atom stereocenters. The summed E-state index contributed by atoms with van der Waals surface area (Å²) in [6, 6.07) is 0. The first-order valence-corrected chi connectivity index (χ1v) is 5.55. The highest BCUT2D eigenvalue weighted by Crippen LogP contribution is 2.39. The van der Waals surface area contributed by atoms with Crippen LogP contribution in [-0.2, 0) is 14.3 Å². The average molecular weight is 232 g/mol. The minimum Gasteiger partial charge on any atom is -0.260 e. The van der Waals surface area contributed by atoms with Gasteiger partial charge in [0.1, 0.15) is 0 Å². The quantitative estimate of drug-likeness (QED) is 0.539. The topological polar surface area (TPSA) is 43.4 Å². The van der Waals surface area contributed by atoms with E-state index in [1.807, 2.05) is 6.92 Å². The molecule has 1 aliphatic carbocycles. The van der Waals surface area contributed by atoms with Crippen LogP contribution in [0.1, 0.15) is 20.3 Å². The van der Waals surface area contributed by atoms with E-state index in [9.17, 15) is 21.6 Å². The van der Waals surface area contributed by atoms with Gasteiger partial charge in [0.05, 0.1) is 6.10 Å². The van der Waals surface area contributed by atoms with Crippen molar-refractivity contribution in [1.82, 2.24) is 0 Å². The third-order valence-electron chi connectivity index (χ3n) is 2.62. The second kappa shape index (κ2) is 3.37. The molecule has 0 aromatic rings. The molecular weight excluding hydrogens is 221 g/mol. The third-order valence-corrected chi connectivity index (χ3v) is 3.69. The predicted octanol–water partition coefficient (Wildman–Crippen LogP) is 1.90. The lowest BCUT2D eigenvalue weighted by atomic mass is 9.74. The van der Waals surface area contributed by atoms with Crippen LogP contribution in [0, 0.1) is 11.8 Å². The number of hydrogen-bond acceptors (Lipinski definition) is 3. The number of halogens is 3. The Hall–Kier alpha value is -0.300. The maximum atomic E-state index is 11.9. The number of hydrogen-bond donors (Lipinski definition) is 0. The van der Waals surface area contributed by atoms with Crippen LogP contribution in [0.15, 0.2) is 0 Å². The highest BCUT2D eigenvalue weighted by Gasteiger charge is 2.51. The van der Waals surface area contributed by atoms with E-state index in [-0.39, 0.29) is 11.8 Å². The zero-order valence-electron chi connectivity index (χ0n) is 7.71. The highest BCUT2D eigenvalue weighted by molar-refractivity contribution is 7.87. The Labute approximate surface area is 80.4 Å². The third kappa shape index (κ3) is 2.03. The SMILES string of the molecule is CC1CC(OS(=O)(=O)C(F)(F)F)C1C. The van der Waals surface area contributed by atoms with Crippen molar-refractivity contribution in [3.8, 4) is 0 Å². The Kier molecular flexibility index (Phi) is 2.84. The standard InChI is InChI=1S/C7H11F3O3S/c1-4-3-6(5(4)2)13-14(11,12)7(8,9)10/h4-6H,3H2,1-2H3. The van der Waals surface area contributed by atoms with Crippen LogP contribution >= 0.6 is 0 Å². The smallest absolute Gasteiger partial charge is 0.260 e. The fourth-order valence-corrected chi connectivity index (χ4v) is 2.00. The monoisotopic (exact) mass is 232 g/mol. The van der Waals surface area contributed by atoms with Gasteiger partial charge in [-0.3, -0.25) is 4.18 Å². The maximum Gasteiger partial charge on any atom is 0.523 e. The molecule has 0 heterocycles. The molecule has 0 spiro atoms. The van der Waals surface area contributed by atoms with Crippen LogP contribution < -0.4 is 0 Å². The first kappa shape index (κ1) is 11.8. The van der Waals surface area contributed by atoms with E-state index in [1.54, 1.807) is 6.92 Å². The second-order valence-corrected chi connectivity index (χ2v) is 5.17. The molecule has 3 unspecified atom stereocenters. The van der Waals surface area contributed by atoms with E-state index in [2.05, 4.69) is 4.18 Å². The van der Waals surface area contributed by atoms with Gasteiger partial charge in [0.15, 0.2) is 0 Å². The summed E-state index contributed by atoms with van der Waals surface area (Å²) in [4.78, 5) is 0. The molecule has 0 amide bonds. The lowest BCUT2D eigenvalue weighted by molar-refractivity contribution is -0.0705. The molecule has 1 fully saturated rings. The van der Waals surface area contributed by atoms with Gasteiger partial charge in [-0.15, -0.1) is 0 Å². The van der Waals surface area contributed by atoms with E-state index in [4.69, 9.17) is 0 Å². The Bertz CT molecular complexity index is 309. The normalized spacial score (nSPS) is 33.9. The van der Waals surface area contributed by atoms with E-state index < -0.39 is 21.7 Å². The number of rotatable bonds is 2. The molecule has 0 N–H and O–H groups in total. The van der Waals surface area contributed by atoms with Crippen LogP contribution in [0.4, 0.5) is 13.2 Å². The minimum absolute atomic E-state index is 0.146. The maximum absolute atomic E-state index is 11.9. The van der Waals surface area contributed by atoms with Crippen LogP contribution in [0.2, 0.25) is 0 Å². The van der Waals surface area contributed by atoms with Crippen LogP contribution in [0.25, 0.3) is 0 Å². The summed E-state index contributed by atoms with van der Waals surface area (Å²) < 4.78 is 60.8. The van der Waals surface area contributed by atoms with Crippen molar-refractivity contribution >= 4 is 10.1 Å². The molecule has 14 heavy (non-hydrogen) atoms. The minimum atomic E-state index is -5.41. The molecule has 84 valence electrons. The van der Waals surface area contributed by atoms with Gasteiger partial charge in [0.2, 0.25) is 0 Å². The van der Waals surface area contributed by atoms with Crippen LogP contribution in [0.3, 0.4) is 0 Å². The Balaban J connectivity index is 2.63. The van der Waals surface area contributed by atoms with Crippen molar-refractivity contribution < 1.29 is 25.8 Å². The largest absolute Gasteiger partial charge is 0.523 e. The fraction of sp³-hybridized carbons (Fsp3) is 1.00. The highest BCUT2D eigenvalue weighted by atomic mass is 32.2. The van der Waals surface area contributed by atoms with Crippen molar-refractivity contribution in [2.75, 3.05) is 0 Å².